The summed E-state index contributed by atoms with van der Waals surface area (Å²) in [6.07, 6.45) is 10.5. The molecule has 1 aromatic heterocycles. The number of ether oxygens (including phenoxy) is 3. The normalized spacial score (nSPS) is 14.9. The molecule has 0 atom stereocenters. The number of aromatic nitrogens is 1. The second-order valence-electron chi connectivity index (χ2n) is 6.89. The van der Waals surface area contributed by atoms with Crippen LogP contribution in [0.15, 0.2) is 36.0 Å². The van der Waals surface area contributed by atoms with Crippen LogP contribution < -0.4 is 19.9 Å². The molecule has 154 valence electrons. The molecule has 0 fully saturated rings. The third-order valence-corrected chi connectivity index (χ3v) is 4.96. The predicted molar refractivity (Wildman–Crippen MR) is 122 cm³/mol. The molecule has 1 aliphatic heterocycles. The lowest BCUT2D eigenvalue weighted by Crippen LogP contribution is -2.09. The van der Waals surface area contributed by atoms with E-state index in [1.807, 2.05) is 42.7 Å². The van der Waals surface area contributed by atoms with Gasteiger partial charge in [0.2, 0.25) is 5.75 Å². The van der Waals surface area contributed by atoms with Gasteiger partial charge in [-0.2, -0.15) is 0 Å². The summed E-state index contributed by atoms with van der Waals surface area (Å²) in [6.45, 7) is 2.61. The van der Waals surface area contributed by atoms with E-state index in [1.165, 1.54) is 0 Å². The first-order chi connectivity index (χ1) is 14.5. The number of H-pyrrole nitrogens is 1. The van der Waals surface area contributed by atoms with Gasteiger partial charge in [-0.25, -0.2) is 0 Å². The standard InChI is InChI=1S/C23H27BN3O3/c1-15-12-17(26-22(15)18(9-10-25)19-6-5-11-27(19)24)8-7-16-13-20(28-2)23(30-4)21(14-16)29-3/h5-8,11-14,26H,9-10,25H2,1-4H3/q+1/b8-7+. The summed E-state index contributed by atoms with van der Waals surface area (Å²) in [6, 6.07) is 5.91. The molecular weight excluding hydrogens is 377 g/mol. The highest BCUT2D eigenvalue weighted by atomic mass is 16.5. The second kappa shape index (κ2) is 9.54. The van der Waals surface area contributed by atoms with Gasteiger partial charge in [-0.05, 0) is 55.3 Å². The Kier molecular flexibility index (Phi) is 6.85. The quantitative estimate of drug-likeness (QED) is 0.663. The number of aryl methyl sites for hydroxylation is 1. The molecule has 0 spiro atoms. The maximum Gasteiger partial charge on any atom is 0.586 e. The fraction of sp³-hybridized carbons (Fsp3) is 0.261. The van der Waals surface area contributed by atoms with Crippen molar-refractivity contribution in [3.63, 3.8) is 0 Å². The summed E-state index contributed by atoms with van der Waals surface area (Å²) in [7, 11) is 10.9. The number of hydrogen-bond donors (Lipinski definition) is 2. The van der Waals surface area contributed by atoms with Crippen LogP contribution in [-0.2, 0) is 0 Å². The highest BCUT2D eigenvalue weighted by molar-refractivity contribution is 6.01. The molecule has 6 nitrogen and oxygen atoms in total. The largest absolute Gasteiger partial charge is 0.586 e. The second-order valence-corrected chi connectivity index (χ2v) is 6.89. The van der Waals surface area contributed by atoms with E-state index < -0.39 is 0 Å². The van der Waals surface area contributed by atoms with Crippen LogP contribution in [0.2, 0.25) is 0 Å². The minimum absolute atomic E-state index is 0.537. The van der Waals surface area contributed by atoms with Crippen LogP contribution in [0.3, 0.4) is 0 Å². The first-order valence-corrected chi connectivity index (χ1v) is 9.69. The molecule has 0 amide bonds. The molecule has 1 aliphatic rings. The maximum atomic E-state index is 6.07. The Morgan fingerprint density at radius 3 is 2.33 bits per heavy atom. The van der Waals surface area contributed by atoms with Crippen LogP contribution >= 0.6 is 0 Å². The van der Waals surface area contributed by atoms with Gasteiger partial charge < -0.3 is 24.9 Å². The summed E-state index contributed by atoms with van der Waals surface area (Å²) < 4.78 is 17.9. The van der Waals surface area contributed by atoms with Crippen molar-refractivity contribution in [1.82, 2.24) is 4.98 Å². The van der Waals surface area contributed by atoms with Gasteiger partial charge in [-0.1, -0.05) is 6.08 Å². The van der Waals surface area contributed by atoms with Crippen molar-refractivity contribution in [3.05, 3.63) is 58.6 Å². The van der Waals surface area contributed by atoms with Crippen LogP contribution in [0.1, 0.15) is 28.9 Å². The van der Waals surface area contributed by atoms with Gasteiger partial charge in [0.25, 0.3) is 0 Å². The third-order valence-electron chi connectivity index (χ3n) is 4.96. The van der Waals surface area contributed by atoms with Gasteiger partial charge in [-0.15, -0.1) is 0 Å². The lowest BCUT2D eigenvalue weighted by Gasteiger charge is -2.12. The van der Waals surface area contributed by atoms with Crippen molar-refractivity contribution < 1.29 is 18.7 Å². The topological polar surface area (TPSA) is 72.5 Å². The van der Waals surface area contributed by atoms with Crippen molar-refractivity contribution in [2.75, 3.05) is 27.9 Å². The van der Waals surface area contributed by atoms with E-state index in [0.29, 0.717) is 23.8 Å². The zero-order chi connectivity index (χ0) is 21.7. The summed E-state index contributed by atoms with van der Waals surface area (Å²) in [5, 5.41) is 0. The highest BCUT2D eigenvalue weighted by Gasteiger charge is 2.20. The zero-order valence-corrected chi connectivity index (χ0v) is 17.9. The van der Waals surface area contributed by atoms with E-state index >= 15 is 0 Å². The summed E-state index contributed by atoms with van der Waals surface area (Å²) in [4.78, 5) is 3.50. The number of nitrogens with two attached hydrogens (primary N) is 1. The van der Waals surface area contributed by atoms with Gasteiger partial charge in [0, 0.05) is 23.4 Å². The Morgan fingerprint density at radius 2 is 1.80 bits per heavy atom. The number of rotatable bonds is 8. The average molecular weight is 404 g/mol. The molecule has 30 heavy (non-hydrogen) atoms. The predicted octanol–water partition coefficient (Wildman–Crippen LogP) is 3.32. The molecule has 0 bridgehead atoms. The lowest BCUT2D eigenvalue weighted by atomic mass is 10.0. The molecule has 1 aromatic carbocycles. The summed E-state index contributed by atoms with van der Waals surface area (Å²) >= 11 is 0. The number of aromatic amines is 1. The Hall–Kier alpha value is -3.19. The molecule has 3 rings (SSSR count). The van der Waals surface area contributed by atoms with Crippen LogP contribution in [0.5, 0.6) is 17.2 Å². The van der Waals surface area contributed by atoms with E-state index in [2.05, 4.69) is 18.0 Å². The minimum Gasteiger partial charge on any atom is -0.493 e. The Bertz CT molecular complexity index is 1020. The number of nitrogens with zero attached hydrogens (tertiary/aromatic N) is 1. The van der Waals surface area contributed by atoms with E-state index in [1.54, 1.807) is 25.8 Å². The van der Waals surface area contributed by atoms with E-state index in [-0.39, 0.29) is 0 Å². The average Bonchev–Trinajstić information content (AvgIpc) is 3.34. The molecule has 0 aliphatic carbocycles. The van der Waals surface area contributed by atoms with Crippen LogP contribution in [0, 0.1) is 6.92 Å². The number of nitrogens with one attached hydrogen (secondary N) is 1. The van der Waals surface area contributed by atoms with Crippen molar-refractivity contribution in [2.45, 2.75) is 13.3 Å². The summed E-state index contributed by atoms with van der Waals surface area (Å²) in [5.74, 6) is 1.80. The van der Waals surface area contributed by atoms with E-state index in [0.717, 1.165) is 40.2 Å². The fourth-order valence-electron chi connectivity index (χ4n) is 3.55. The SMILES string of the molecule is [B][N+]1=CC=CC1=C(CCN)c1[nH]c(/C=C/c2cc(OC)c(OC)c(OC)c2)cc1C. The maximum absolute atomic E-state index is 6.07. The van der Waals surface area contributed by atoms with Crippen LogP contribution in [0.4, 0.5) is 0 Å². The Labute approximate surface area is 178 Å². The van der Waals surface area contributed by atoms with Gasteiger partial charge in [0.05, 0.1) is 27.0 Å². The van der Waals surface area contributed by atoms with E-state index in [9.17, 15) is 0 Å². The van der Waals surface area contributed by atoms with Gasteiger partial charge in [0.1, 0.15) is 6.21 Å². The first-order valence-electron chi connectivity index (χ1n) is 9.69. The summed E-state index contributed by atoms with van der Waals surface area (Å²) in [5.41, 5.74) is 12.0. The van der Waals surface area contributed by atoms with Gasteiger partial charge in [0.15, 0.2) is 17.2 Å². The van der Waals surface area contributed by atoms with E-state index in [4.69, 9.17) is 27.9 Å². The molecule has 3 N–H and O–H groups in total. The van der Waals surface area contributed by atoms with Gasteiger partial charge in [-0.3, -0.25) is 4.49 Å². The number of methoxy groups -OCH3 is 3. The van der Waals surface area contributed by atoms with Crippen molar-refractivity contribution in [3.8, 4) is 17.2 Å². The molecule has 0 saturated carbocycles. The molecule has 2 heterocycles. The Morgan fingerprint density at radius 1 is 1.10 bits per heavy atom. The molecule has 0 saturated heterocycles. The smallest absolute Gasteiger partial charge is 0.493 e. The molecule has 7 heteroatoms. The highest BCUT2D eigenvalue weighted by Crippen LogP contribution is 2.38. The van der Waals surface area contributed by atoms with Crippen molar-refractivity contribution in [1.29, 1.82) is 0 Å². The minimum atomic E-state index is 0.537. The third kappa shape index (κ3) is 4.36. The molecule has 2 aromatic rings. The fourth-order valence-corrected chi connectivity index (χ4v) is 3.55. The zero-order valence-electron chi connectivity index (χ0n) is 17.9. The van der Waals surface area contributed by atoms with Crippen LogP contribution in [0.25, 0.3) is 17.7 Å². The van der Waals surface area contributed by atoms with Crippen molar-refractivity contribution in [2.24, 2.45) is 5.73 Å². The van der Waals surface area contributed by atoms with Crippen LogP contribution in [-0.4, -0.2) is 51.5 Å². The molecule has 0 unspecified atom stereocenters. The van der Waals surface area contributed by atoms with Gasteiger partial charge >= 0.3 is 7.98 Å². The Balaban J connectivity index is 1.95. The first kappa shape index (κ1) is 21.5. The number of hydrogen-bond acceptors (Lipinski definition) is 4. The van der Waals surface area contributed by atoms with Crippen molar-refractivity contribution >= 4 is 31.9 Å². The number of benzene rings is 1. The molecule has 2 radical (unpaired) electrons. The monoisotopic (exact) mass is 404 g/mol. The lowest BCUT2D eigenvalue weighted by molar-refractivity contribution is -0.294. The molecular formula is C23H27BN3O3+. The number of allylic oxidation sites excluding steroid dienone is 2.